The van der Waals surface area contributed by atoms with Crippen LogP contribution in [-0.2, 0) is 4.74 Å². The molecule has 0 saturated carbocycles. The molecule has 0 bridgehead atoms. The Labute approximate surface area is 243 Å². The molecule has 1 aromatic carbocycles. The van der Waals surface area contributed by atoms with Crippen molar-refractivity contribution < 1.29 is 18.7 Å². The van der Waals surface area contributed by atoms with Crippen LogP contribution in [-0.4, -0.2) is 103 Å². The molecule has 2 aromatic rings. The van der Waals surface area contributed by atoms with Gasteiger partial charge in [0.15, 0.2) is 5.82 Å². The number of anilines is 1. The van der Waals surface area contributed by atoms with E-state index in [-0.39, 0.29) is 40.7 Å². The first kappa shape index (κ1) is 31.1. The highest BCUT2D eigenvalue weighted by molar-refractivity contribution is 5.97. The van der Waals surface area contributed by atoms with Crippen molar-refractivity contribution in [3.05, 3.63) is 35.9 Å². The van der Waals surface area contributed by atoms with Crippen LogP contribution < -0.4 is 15.0 Å². The maximum absolute atomic E-state index is 14.2. The Hall–Kier alpha value is -2.89. The van der Waals surface area contributed by atoms with Crippen LogP contribution in [0.4, 0.5) is 10.2 Å². The zero-order chi connectivity index (χ0) is 29.7. The molecule has 226 valence electrons. The number of likely N-dealkylation sites (tertiary alicyclic amines) is 1. The van der Waals surface area contributed by atoms with E-state index in [2.05, 4.69) is 44.1 Å². The van der Waals surface area contributed by atoms with Gasteiger partial charge >= 0.3 is 0 Å². The Balaban J connectivity index is 1.48. The number of likely N-dealkylation sites (N-methyl/N-ethyl adjacent to an activating group) is 1. The van der Waals surface area contributed by atoms with Crippen LogP contribution in [0.3, 0.4) is 0 Å². The van der Waals surface area contributed by atoms with E-state index in [4.69, 9.17) is 9.47 Å². The molecule has 1 N–H and O–H groups in total. The van der Waals surface area contributed by atoms with E-state index < -0.39 is 5.82 Å². The molecule has 11 heteroatoms. The lowest BCUT2D eigenvalue weighted by Crippen LogP contribution is -2.62. The Morgan fingerprint density at radius 2 is 1.98 bits per heavy atom. The smallest absolute Gasteiger partial charge is 0.282 e. The van der Waals surface area contributed by atoms with E-state index in [1.54, 1.807) is 12.0 Å². The van der Waals surface area contributed by atoms with Crippen molar-refractivity contribution in [2.24, 2.45) is 11.3 Å². The van der Waals surface area contributed by atoms with Crippen LogP contribution in [0, 0.1) is 17.2 Å². The average Bonchev–Trinajstić information content (AvgIpc) is 3.37. The topological polar surface area (TPSA) is 96.0 Å². The zero-order valence-corrected chi connectivity index (χ0v) is 25.6. The summed E-state index contributed by atoms with van der Waals surface area (Å²) in [7, 11) is 3.75. The first-order valence-electron chi connectivity index (χ1n) is 14.7. The van der Waals surface area contributed by atoms with Gasteiger partial charge in [0.05, 0.1) is 11.7 Å². The second-order valence-corrected chi connectivity index (χ2v) is 12.1. The highest BCUT2D eigenvalue weighted by Crippen LogP contribution is 2.44. The minimum atomic E-state index is -0.503. The molecule has 4 rings (SSSR count). The number of halogens is 1. The number of hydrogen-bond acceptors (Lipinski definition) is 9. The van der Waals surface area contributed by atoms with Crippen LogP contribution in [0.1, 0.15) is 57.8 Å². The van der Waals surface area contributed by atoms with E-state index in [1.807, 2.05) is 27.8 Å². The molecule has 1 spiro atoms. The minimum absolute atomic E-state index is 0.0424. The van der Waals surface area contributed by atoms with Crippen molar-refractivity contribution >= 4 is 11.7 Å². The number of carbonyl (C=O) groups excluding carboxylic acids is 1. The summed E-state index contributed by atoms with van der Waals surface area (Å²) in [6.07, 6.45) is 3.63. The number of carbonyl (C=O) groups is 1. The van der Waals surface area contributed by atoms with Crippen LogP contribution in [0.25, 0.3) is 0 Å². The number of benzene rings is 1. The van der Waals surface area contributed by atoms with Crippen LogP contribution in [0.2, 0.25) is 0 Å². The van der Waals surface area contributed by atoms with Crippen molar-refractivity contribution in [2.45, 2.75) is 65.6 Å². The summed E-state index contributed by atoms with van der Waals surface area (Å²) in [5.74, 6) is 0.757. The van der Waals surface area contributed by atoms with Gasteiger partial charge in [0.25, 0.3) is 11.8 Å². The quantitative estimate of drug-likeness (QED) is 0.385. The van der Waals surface area contributed by atoms with Gasteiger partial charge in [0, 0.05) is 63.9 Å². The van der Waals surface area contributed by atoms with Crippen molar-refractivity contribution in [2.75, 3.05) is 58.3 Å². The number of rotatable bonds is 13. The Morgan fingerprint density at radius 3 is 2.61 bits per heavy atom. The summed E-state index contributed by atoms with van der Waals surface area (Å²) < 4.78 is 26.1. The Kier molecular flexibility index (Phi) is 10.1. The molecule has 1 unspecified atom stereocenters. The lowest BCUT2D eigenvalue weighted by Gasteiger charge is -2.53. The molecule has 2 fully saturated rings. The van der Waals surface area contributed by atoms with Gasteiger partial charge in [-0.25, -0.2) is 9.37 Å². The summed E-state index contributed by atoms with van der Waals surface area (Å²) in [4.78, 5) is 24.3. The monoisotopic (exact) mass is 571 g/mol. The van der Waals surface area contributed by atoms with Crippen LogP contribution in [0.15, 0.2) is 24.5 Å². The van der Waals surface area contributed by atoms with Crippen molar-refractivity contribution in [3.8, 4) is 11.6 Å². The predicted molar refractivity (Wildman–Crippen MR) is 157 cm³/mol. The molecule has 2 saturated heterocycles. The number of hydrogen-bond donors (Lipinski definition) is 1. The normalized spacial score (nSPS) is 18.1. The molecular weight excluding hydrogens is 525 g/mol. The van der Waals surface area contributed by atoms with Gasteiger partial charge in [-0.1, -0.05) is 13.8 Å². The molecule has 1 aromatic heterocycles. The lowest BCUT2D eigenvalue weighted by molar-refractivity contribution is -0.0500. The van der Waals surface area contributed by atoms with Gasteiger partial charge in [-0.05, 0) is 64.8 Å². The largest absolute Gasteiger partial charge is 0.434 e. The molecule has 2 atom stereocenters. The van der Waals surface area contributed by atoms with E-state index in [0.29, 0.717) is 24.3 Å². The van der Waals surface area contributed by atoms with E-state index in [1.165, 1.54) is 24.5 Å². The number of ether oxygens (including phenoxy) is 2. The standard InChI is InChI=1S/C30H46FN7O3/c1-8-38(21(4)5)29(39)24-13-22(31)9-10-26(24)41-28-27(33-19-34-35-28)36-12-11-30(16-36)17-37(18-30)25(20(2)3)14-23(40-7)15-32-6/h9-10,13,19-21,23,25,32H,8,11-12,14-18H2,1-7H3/t23-,25?/m1/s1. The molecule has 0 radical (unpaired) electrons. The first-order valence-corrected chi connectivity index (χ1v) is 14.7. The second kappa shape index (κ2) is 13.4. The summed E-state index contributed by atoms with van der Waals surface area (Å²) in [6.45, 7) is 15.4. The summed E-state index contributed by atoms with van der Waals surface area (Å²) in [6, 6.07) is 4.38. The van der Waals surface area contributed by atoms with Gasteiger partial charge in [0.2, 0.25) is 0 Å². The van der Waals surface area contributed by atoms with Crippen LogP contribution >= 0.6 is 0 Å². The number of nitrogens with one attached hydrogen (secondary N) is 1. The highest BCUT2D eigenvalue weighted by atomic mass is 19.1. The first-order chi connectivity index (χ1) is 19.6. The van der Waals surface area contributed by atoms with Gasteiger partial charge in [-0.15, -0.1) is 10.2 Å². The third kappa shape index (κ3) is 6.95. The van der Waals surface area contributed by atoms with Crippen molar-refractivity contribution in [3.63, 3.8) is 0 Å². The fraction of sp³-hybridized carbons (Fsp3) is 0.667. The van der Waals surface area contributed by atoms with Gasteiger partial charge in [-0.3, -0.25) is 9.69 Å². The maximum atomic E-state index is 14.2. The molecule has 2 aliphatic rings. The van der Waals surface area contributed by atoms with Crippen molar-refractivity contribution in [1.82, 2.24) is 30.3 Å². The van der Waals surface area contributed by atoms with Gasteiger partial charge < -0.3 is 24.6 Å². The minimum Gasteiger partial charge on any atom is -0.434 e. The third-order valence-electron chi connectivity index (χ3n) is 8.50. The molecule has 0 aliphatic carbocycles. The van der Waals surface area contributed by atoms with Gasteiger partial charge in [0.1, 0.15) is 17.9 Å². The molecule has 2 aliphatic heterocycles. The number of nitrogens with zero attached hydrogens (tertiary/aromatic N) is 6. The molecule has 41 heavy (non-hydrogen) atoms. The van der Waals surface area contributed by atoms with E-state index in [0.717, 1.165) is 45.6 Å². The number of amides is 1. The number of aromatic nitrogens is 3. The number of methoxy groups -OCH3 is 1. The fourth-order valence-corrected chi connectivity index (χ4v) is 6.33. The molecular formula is C30H46FN7O3. The summed E-state index contributed by atoms with van der Waals surface area (Å²) >= 11 is 0. The van der Waals surface area contributed by atoms with Crippen molar-refractivity contribution in [1.29, 1.82) is 0 Å². The average molecular weight is 572 g/mol. The molecule has 1 amide bonds. The van der Waals surface area contributed by atoms with Crippen LogP contribution in [0.5, 0.6) is 11.6 Å². The third-order valence-corrected chi connectivity index (χ3v) is 8.50. The highest BCUT2D eigenvalue weighted by Gasteiger charge is 2.50. The predicted octanol–water partition coefficient (Wildman–Crippen LogP) is 3.83. The summed E-state index contributed by atoms with van der Waals surface area (Å²) in [5, 5.41) is 11.4. The molecule has 10 nitrogen and oxygen atoms in total. The van der Waals surface area contributed by atoms with E-state index >= 15 is 0 Å². The Morgan fingerprint density at radius 1 is 1.22 bits per heavy atom. The SMILES string of the molecule is CCN(C(=O)c1cc(F)ccc1Oc1nncnc1N1CCC2(C1)CN(C(C[C@H](CNC)OC)C(C)C)C2)C(C)C. The fourth-order valence-electron chi connectivity index (χ4n) is 6.33. The Bertz CT molecular complexity index is 1170. The molecule has 3 heterocycles. The zero-order valence-electron chi connectivity index (χ0n) is 25.6. The van der Waals surface area contributed by atoms with Gasteiger partial charge in [-0.2, -0.15) is 0 Å². The lowest BCUT2D eigenvalue weighted by atomic mass is 9.76. The second-order valence-electron chi connectivity index (χ2n) is 12.1. The maximum Gasteiger partial charge on any atom is 0.282 e. The summed E-state index contributed by atoms with van der Waals surface area (Å²) in [5.41, 5.74) is 0.327. The van der Waals surface area contributed by atoms with E-state index in [9.17, 15) is 9.18 Å².